The summed E-state index contributed by atoms with van der Waals surface area (Å²) in [6, 6.07) is 6.80. The van der Waals surface area contributed by atoms with Gasteiger partial charge < -0.3 is 4.74 Å². The molecule has 0 radical (unpaired) electrons. The number of fused-ring (bicyclic) bond motifs is 2. The van der Waals surface area contributed by atoms with E-state index in [2.05, 4.69) is 48.0 Å². The zero-order chi connectivity index (χ0) is 13.2. The van der Waals surface area contributed by atoms with Crippen LogP contribution in [0.4, 0.5) is 0 Å². The van der Waals surface area contributed by atoms with Gasteiger partial charge in [0.15, 0.2) is 0 Å². The highest BCUT2D eigenvalue weighted by Crippen LogP contribution is 2.64. The van der Waals surface area contributed by atoms with Gasteiger partial charge in [-0.2, -0.15) is 0 Å². The van der Waals surface area contributed by atoms with E-state index in [0.717, 1.165) is 29.9 Å². The minimum absolute atomic E-state index is 0.0289. The van der Waals surface area contributed by atoms with E-state index >= 15 is 0 Å². The van der Waals surface area contributed by atoms with Gasteiger partial charge in [-0.25, -0.2) is 0 Å². The molecule has 0 saturated heterocycles. The Hall–Kier alpha value is -0.500. The van der Waals surface area contributed by atoms with Gasteiger partial charge in [-0.1, -0.05) is 34.5 Å². The maximum atomic E-state index is 5.96. The Morgan fingerprint density at radius 1 is 1.26 bits per heavy atom. The lowest BCUT2D eigenvalue weighted by Crippen LogP contribution is -2.24. The highest BCUT2D eigenvalue weighted by Gasteiger charge is 2.55. The second-order valence-corrected chi connectivity index (χ2v) is 8.13. The molecule has 1 nitrogen and oxygen atoms in total. The summed E-state index contributed by atoms with van der Waals surface area (Å²) in [5.41, 5.74) is 2.82. The van der Waals surface area contributed by atoms with Crippen LogP contribution in [-0.2, 0) is 6.42 Å². The van der Waals surface area contributed by atoms with Crippen molar-refractivity contribution in [3.63, 3.8) is 0 Å². The second-order valence-electron chi connectivity index (χ2n) is 7.14. The predicted molar refractivity (Wildman–Crippen MR) is 80.8 cm³/mol. The molecule has 1 aromatic rings. The van der Waals surface area contributed by atoms with Crippen molar-refractivity contribution in [3.8, 4) is 5.75 Å². The molecule has 3 atom stereocenters. The summed E-state index contributed by atoms with van der Waals surface area (Å²) in [6.07, 6.45) is 5.40. The van der Waals surface area contributed by atoms with E-state index in [1.165, 1.54) is 30.4 Å². The fourth-order valence-electron chi connectivity index (χ4n) is 4.33. The SMILES string of the molecule is CC1(C)Cc2cc(C(Br)C3C4CCCC43)ccc2O1. The molecule has 1 aromatic carbocycles. The molecule has 3 unspecified atom stereocenters. The molecule has 2 heteroatoms. The topological polar surface area (TPSA) is 9.23 Å². The third-order valence-electron chi connectivity index (χ3n) is 5.22. The van der Waals surface area contributed by atoms with Crippen molar-refractivity contribution in [1.82, 2.24) is 0 Å². The van der Waals surface area contributed by atoms with E-state index in [-0.39, 0.29) is 5.60 Å². The molecular weight excluding hydrogens is 300 g/mol. The number of hydrogen-bond acceptors (Lipinski definition) is 1. The number of benzene rings is 1. The molecular formula is C17H21BrO. The Morgan fingerprint density at radius 3 is 2.74 bits per heavy atom. The molecule has 2 saturated carbocycles. The number of halogens is 1. The van der Waals surface area contributed by atoms with Gasteiger partial charge >= 0.3 is 0 Å². The highest BCUT2D eigenvalue weighted by atomic mass is 79.9. The largest absolute Gasteiger partial charge is 0.487 e. The van der Waals surface area contributed by atoms with Crippen LogP contribution in [0, 0.1) is 17.8 Å². The monoisotopic (exact) mass is 320 g/mol. The zero-order valence-corrected chi connectivity index (χ0v) is 13.2. The fourth-order valence-corrected chi connectivity index (χ4v) is 5.40. The summed E-state index contributed by atoms with van der Waals surface area (Å²) in [5.74, 6) is 3.99. The molecule has 0 bridgehead atoms. The Bertz CT molecular complexity index is 512. The van der Waals surface area contributed by atoms with Crippen LogP contribution >= 0.6 is 15.9 Å². The van der Waals surface area contributed by atoms with Crippen LogP contribution in [-0.4, -0.2) is 5.60 Å². The first kappa shape index (κ1) is 12.3. The van der Waals surface area contributed by atoms with Gasteiger partial charge in [-0.3, -0.25) is 0 Å². The number of alkyl halides is 1. The van der Waals surface area contributed by atoms with E-state index < -0.39 is 0 Å². The number of ether oxygens (including phenoxy) is 1. The lowest BCUT2D eigenvalue weighted by Gasteiger charge is -2.16. The van der Waals surface area contributed by atoms with Crippen LogP contribution in [0.3, 0.4) is 0 Å². The third-order valence-corrected chi connectivity index (χ3v) is 6.36. The first-order valence-corrected chi connectivity index (χ1v) is 8.43. The molecule has 0 aromatic heterocycles. The van der Waals surface area contributed by atoms with Crippen molar-refractivity contribution in [2.45, 2.75) is 50.0 Å². The van der Waals surface area contributed by atoms with Crippen molar-refractivity contribution in [1.29, 1.82) is 0 Å². The van der Waals surface area contributed by atoms with E-state index in [4.69, 9.17) is 4.74 Å². The summed E-state index contributed by atoms with van der Waals surface area (Å²) in [4.78, 5) is 0.553. The summed E-state index contributed by atoms with van der Waals surface area (Å²) < 4.78 is 5.96. The Labute approximate surface area is 123 Å². The van der Waals surface area contributed by atoms with Crippen molar-refractivity contribution in [2.24, 2.45) is 17.8 Å². The maximum Gasteiger partial charge on any atom is 0.123 e. The first-order chi connectivity index (χ1) is 9.05. The Kier molecular flexibility index (Phi) is 2.58. The summed E-state index contributed by atoms with van der Waals surface area (Å²) in [6.45, 7) is 4.34. The molecule has 2 aliphatic carbocycles. The zero-order valence-electron chi connectivity index (χ0n) is 11.7. The normalized spacial score (nSPS) is 35.4. The summed E-state index contributed by atoms with van der Waals surface area (Å²) >= 11 is 3.96. The van der Waals surface area contributed by atoms with Crippen molar-refractivity contribution >= 4 is 15.9 Å². The van der Waals surface area contributed by atoms with Gasteiger partial charge in [0.05, 0.1) is 0 Å². The average molecular weight is 321 g/mol. The van der Waals surface area contributed by atoms with Crippen LogP contribution in [0.25, 0.3) is 0 Å². The molecule has 1 aliphatic heterocycles. The van der Waals surface area contributed by atoms with Crippen LogP contribution < -0.4 is 4.74 Å². The summed E-state index contributed by atoms with van der Waals surface area (Å²) in [5, 5.41) is 0. The van der Waals surface area contributed by atoms with E-state index in [9.17, 15) is 0 Å². The van der Waals surface area contributed by atoms with Gasteiger partial charge in [0.1, 0.15) is 11.4 Å². The molecule has 0 N–H and O–H groups in total. The minimum Gasteiger partial charge on any atom is -0.487 e. The number of rotatable bonds is 2. The molecule has 2 fully saturated rings. The average Bonchev–Trinajstić information content (AvgIpc) is 2.71. The fraction of sp³-hybridized carbons (Fsp3) is 0.647. The molecule has 0 spiro atoms. The molecule has 0 amide bonds. The van der Waals surface area contributed by atoms with Crippen molar-refractivity contribution in [3.05, 3.63) is 29.3 Å². The molecule has 4 rings (SSSR count). The van der Waals surface area contributed by atoms with Gasteiger partial charge in [-0.15, -0.1) is 0 Å². The Balaban J connectivity index is 1.57. The van der Waals surface area contributed by atoms with Gasteiger partial charge in [0.25, 0.3) is 0 Å². The summed E-state index contributed by atoms with van der Waals surface area (Å²) in [7, 11) is 0. The first-order valence-electron chi connectivity index (χ1n) is 7.51. The molecule has 19 heavy (non-hydrogen) atoms. The molecule has 3 aliphatic rings. The standard InChI is InChI=1S/C17H21BrO/c1-17(2)9-11-8-10(6-7-14(11)19-17)16(18)15-12-4-3-5-13(12)15/h6-8,12-13,15-16H,3-5,9H2,1-2H3. The third kappa shape index (κ3) is 1.94. The highest BCUT2D eigenvalue weighted by molar-refractivity contribution is 9.09. The quantitative estimate of drug-likeness (QED) is 0.705. The van der Waals surface area contributed by atoms with Gasteiger partial charge in [-0.05, 0) is 61.6 Å². The lowest BCUT2D eigenvalue weighted by atomic mass is 9.97. The lowest BCUT2D eigenvalue weighted by molar-refractivity contribution is 0.138. The number of hydrogen-bond donors (Lipinski definition) is 0. The van der Waals surface area contributed by atoms with Crippen LogP contribution in [0.15, 0.2) is 18.2 Å². The van der Waals surface area contributed by atoms with Crippen LogP contribution in [0.5, 0.6) is 5.75 Å². The van der Waals surface area contributed by atoms with Crippen molar-refractivity contribution in [2.75, 3.05) is 0 Å². The van der Waals surface area contributed by atoms with Crippen molar-refractivity contribution < 1.29 is 4.74 Å². The van der Waals surface area contributed by atoms with Crippen LogP contribution in [0.1, 0.15) is 49.1 Å². The minimum atomic E-state index is -0.0289. The second kappa shape index (κ2) is 4.00. The Morgan fingerprint density at radius 2 is 2.00 bits per heavy atom. The van der Waals surface area contributed by atoms with E-state index in [1.54, 1.807) is 0 Å². The predicted octanol–water partition coefficient (Wildman–Crippen LogP) is 4.88. The van der Waals surface area contributed by atoms with E-state index in [1.807, 2.05) is 0 Å². The van der Waals surface area contributed by atoms with Gasteiger partial charge in [0, 0.05) is 11.2 Å². The van der Waals surface area contributed by atoms with Gasteiger partial charge in [0.2, 0.25) is 0 Å². The molecule has 1 heterocycles. The maximum absolute atomic E-state index is 5.96. The smallest absolute Gasteiger partial charge is 0.123 e. The van der Waals surface area contributed by atoms with E-state index in [0.29, 0.717) is 4.83 Å². The van der Waals surface area contributed by atoms with Crippen LogP contribution in [0.2, 0.25) is 0 Å². The molecule has 102 valence electrons.